The van der Waals surface area contributed by atoms with E-state index in [1.165, 1.54) is 10.8 Å². The molecule has 2 rings (SSSR count). The van der Waals surface area contributed by atoms with Crippen LogP contribution in [0.25, 0.3) is 10.8 Å². The molecule has 17 heavy (non-hydrogen) atoms. The number of unbranched alkanes of at least 4 members (excludes halogenated alkanes) is 1. The van der Waals surface area contributed by atoms with Crippen LogP contribution in [-0.4, -0.2) is 6.61 Å². The molecule has 0 aliphatic rings. The predicted molar refractivity (Wildman–Crippen MR) is 72.2 cm³/mol. The minimum atomic E-state index is 0.517. The normalized spacial score (nSPS) is 10.7. The molecule has 0 bridgehead atoms. The van der Waals surface area contributed by atoms with E-state index in [-0.39, 0.29) is 0 Å². The van der Waals surface area contributed by atoms with Crippen LogP contribution in [0, 0.1) is 0 Å². The second-order valence-electron chi connectivity index (χ2n) is 4.17. The molecule has 0 aromatic heterocycles. The molecule has 0 amide bonds. The molecule has 0 saturated carbocycles. The van der Waals surface area contributed by atoms with Crippen molar-refractivity contribution in [3.8, 4) is 5.75 Å². The summed E-state index contributed by atoms with van der Waals surface area (Å²) in [6.07, 6.45) is 2.22. The third-order valence-corrected chi connectivity index (χ3v) is 2.96. The molecule has 90 valence electrons. The lowest BCUT2D eigenvalue weighted by Gasteiger charge is -2.12. The molecule has 0 saturated heterocycles. The molecule has 2 N–H and O–H groups in total. The van der Waals surface area contributed by atoms with Gasteiger partial charge in [-0.15, -0.1) is 0 Å². The van der Waals surface area contributed by atoms with E-state index in [4.69, 9.17) is 10.5 Å². The van der Waals surface area contributed by atoms with Gasteiger partial charge in [0.15, 0.2) is 0 Å². The SMILES string of the molecule is CCCCOc1ccc2ccccc2c1CN. The molecule has 2 aromatic carbocycles. The van der Waals surface area contributed by atoms with Crippen LogP contribution in [0.5, 0.6) is 5.75 Å². The number of benzene rings is 2. The lowest BCUT2D eigenvalue weighted by molar-refractivity contribution is 0.307. The predicted octanol–water partition coefficient (Wildman–Crippen LogP) is 3.48. The fourth-order valence-corrected chi connectivity index (χ4v) is 1.99. The molecule has 2 heteroatoms. The Morgan fingerprint density at radius 3 is 2.71 bits per heavy atom. The molecule has 0 aliphatic carbocycles. The van der Waals surface area contributed by atoms with Gasteiger partial charge >= 0.3 is 0 Å². The van der Waals surface area contributed by atoms with Gasteiger partial charge in [-0.2, -0.15) is 0 Å². The van der Waals surface area contributed by atoms with Crippen LogP contribution in [0.3, 0.4) is 0 Å². The molecule has 0 fully saturated rings. The van der Waals surface area contributed by atoms with Crippen LogP contribution in [0.15, 0.2) is 36.4 Å². The van der Waals surface area contributed by atoms with E-state index in [1.807, 2.05) is 18.2 Å². The molecule has 0 spiro atoms. The van der Waals surface area contributed by atoms with Crippen molar-refractivity contribution < 1.29 is 4.74 Å². The molecule has 2 aromatic rings. The van der Waals surface area contributed by atoms with E-state index in [1.54, 1.807) is 0 Å². The summed E-state index contributed by atoms with van der Waals surface area (Å²) in [6, 6.07) is 12.4. The van der Waals surface area contributed by atoms with Crippen LogP contribution >= 0.6 is 0 Å². The number of rotatable bonds is 5. The van der Waals surface area contributed by atoms with Crippen molar-refractivity contribution >= 4 is 10.8 Å². The average molecular weight is 229 g/mol. The highest BCUT2D eigenvalue weighted by Crippen LogP contribution is 2.27. The highest BCUT2D eigenvalue weighted by atomic mass is 16.5. The Hall–Kier alpha value is -1.54. The molecule has 0 unspecified atom stereocenters. The Bertz CT molecular complexity index is 493. The van der Waals surface area contributed by atoms with Gasteiger partial charge in [0.25, 0.3) is 0 Å². The van der Waals surface area contributed by atoms with E-state index in [0.29, 0.717) is 6.54 Å². The maximum absolute atomic E-state index is 5.84. The highest BCUT2D eigenvalue weighted by molar-refractivity contribution is 5.87. The maximum Gasteiger partial charge on any atom is 0.124 e. The third kappa shape index (κ3) is 2.59. The average Bonchev–Trinajstić information content (AvgIpc) is 2.38. The van der Waals surface area contributed by atoms with Gasteiger partial charge in [0.1, 0.15) is 5.75 Å². The number of ether oxygens (including phenoxy) is 1. The van der Waals surface area contributed by atoms with Crippen molar-refractivity contribution in [1.82, 2.24) is 0 Å². The monoisotopic (exact) mass is 229 g/mol. The highest BCUT2D eigenvalue weighted by Gasteiger charge is 2.06. The van der Waals surface area contributed by atoms with Crippen LogP contribution in [0.1, 0.15) is 25.3 Å². The molecule has 0 atom stereocenters. The van der Waals surface area contributed by atoms with Gasteiger partial charge in [-0.25, -0.2) is 0 Å². The topological polar surface area (TPSA) is 35.2 Å². The fraction of sp³-hybridized carbons (Fsp3) is 0.333. The first-order valence-electron chi connectivity index (χ1n) is 6.20. The van der Waals surface area contributed by atoms with Gasteiger partial charge in [-0.05, 0) is 23.3 Å². The summed E-state index contributed by atoms with van der Waals surface area (Å²) in [7, 11) is 0. The van der Waals surface area contributed by atoms with E-state index in [0.717, 1.165) is 30.8 Å². The molecular weight excluding hydrogens is 210 g/mol. The van der Waals surface area contributed by atoms with E-state index in [2.05, 4.69) is 25.1 Å². The van der Waals surface area contributed by atoms with Crippen molar-refractivity contribution in [2.24, 2.45) is 5.73 Å². The van der Waals surface area contributed by atoms with Crippen molar-refractivity contribution in [2.75, 3.05) is 6.61 Å². The Morgan fingerprint density at radius 1 is 1.12 bits per heavy atom. The zero-order valence-corrected chi connectivity index (χ0v) is 10.3. The minimum Gasteiger partial charge on any atom is -0.493 e. The van der Waals surface area contributed by atoms with E-state index < -0.39 is 0 Å². The van der Waals surface area contributed by atoms with Crippen LogP contribution in [0.2, 0.25) is 0 Å². The molecular formula is C15H19NO. The Balaban J connectivity index is 2.35. The van der Waals surface area contributed by atoms with Gasteiger partial charge < -0.3 is 10.5 Å². The van der Waals surface area contributed by atoms with Crippen molar-refractivity contribution in [1.29, 1.82) is 0 Å². The second kappa shape index (κ2) is 5.69. The van der Waals surface area contributed by atoms with Gasteiger partial charge in [0.05, 0.1) is 6.61 Å². The maximum atomic E-state index is 5.84. The first kappa shape index (κ1) is 11.9. The first-order valence-corrected chi connectivity index (χ1v) is 6.20. The summed E-state index contributed by atoms with van der Waals surface area (Å²) < 4.78 is 5.80. The Morgan fingerprint density at radius 2 is 1.94 bits per heavy atom. The first-order chi connectivity index (χ1) is 8.36. The van der Waals surface area contributed by atoms with Gasteiger partial charge in [0, 0.05) is 12.1 Å². The molecule has 0 radical (unpaired) electrons. The zero-order valence-electron chi connectivity index (χ0n) is 10.3. The quantitative estimate of drug-likeness (QED) is 0.797. The number of hydrogen-bond acceptors (Lipinski definition) is 2. The van der Waals surface area contributed by atoms with Gasteiger partial charge in [-0.3, -0.25) is 0 Å². The lowest BCUT2D eigenvalue weighted by atomic mass is 10.0. The standard InChI is InChI=1S/C15H19NO/c1-2-3-10-17-15-9-8-12-6-4-5-7-13(12)14(15)11-16/h4-9H,2-3,10-11,16H2,1H3. The fourth-order valence-electron chi connectivity index (χ4n) is 1.99. The summed E-state index contributed by atoms with van der Waals surface area (Å²) in [5.41, 5.74) is 6.95. The summed E-state index contributed by atoms with van der Waals surface area (Å²) in [4.78, 5) is 0. The van der Waals surface area contributed by atoms with Crippen molar-refractivity contribution in [3.05, 3.63) is 42.0 Å². The van der Waals surface area contributed by atoms with E-state index in [9.17, 15) is 0 Å². The third-order valence-electron chi connectivity index (χ3n) is 2.96. The summed E-state index contributed by atoms with van der Waals surface area (Å²) in [5, 5.41) is 2.42. The van der Waals surface area contributed by atoms with E-state index >= 15 is 0 Å². The van der Waals surface area contributed by atoms with Crippen LogP contribution in [0.4, 0.5) is 0 Å². The summed E-state index contributed by atoms with van der Waals surface area (Å²) in [6.45, 7) is 3.44. The molecule has 0 heterocycles. The second-order valence-corrected chi connectivity index (χ2v) is 4.17. The Kier molecular flexibility index (Phi) is 3.99. The summed E-state index contributed by atoms with van der Waals surface area (Å²) in [5.74, 6) is 0.930. The zero-order chi connectivity index (χ0) is 12.1. The Labute approximate surface area is 102 Å². The minimum absolute atomic E-state index is 0.517. The lowest BCUT2D eigenvalue weighted by Crippen LogP contribution is -2.04. The van der Waals surface area contributed by atoms with Gasteiger partial charge in [0.2, 0.25) is 0 Å². The summed E-state index contributed by atoms with van der Waals surface area (Å²) >= 11 is 0. The van der Waals surface area contributed by atoms with Crippen LogP contribution in [-0.2, 0) is 6.54 Å². The number of nitrogens with two attached hydrogens (primary N) is 1. The number of hydrogen-bond donors (Lipinski definition) is 1. The van der Waals surface area contributed by atoms with Gasteiger partial charge in [-0.1, -0.05) is 43.7 Å². The van der Waals surface area contributed by atoms with Crippen molar-refractivity contribution in [3.63, 3.8) is 0 Å². The largest absolute Gasteiger partial charge is 0.493 e. The number of fused-ring (bicyclic) bond motifs is 1. The van der Waals surface area contributed by atoms with Crippen molar-refractivity contribution in [2.45, 2.75) is 26.3 Å². The molecule has 2 nitrogen and oxygen atoms in total. The van der Waals surface area contributed by atoms with Crippen LogP contribution < -0.4 is 10.5 Å². The smallest absolute Gasteiger partial charge is 0.124 e. The molecule has 0 aliphatic heterocycles.